The zero-order valence-electron chi connectivity index (χ0n) is 12.7. The number of carbonyl (C=O) groups excluding carboxylic acids is 1. The molecule has 0 aliphatic carbocycles. The average molecular weight is 280 g/mol. The van der Waals surface area contributed by atoms with E-state index in [2.05, 4.69) is 13.8 Å². The van der Waals surface area contributed by atoms with E-state index < -0.39 is 5.41 Å². The van der Waals surface area contributed by atoms with Gasteiger partial charge in [-0.3, -0.25) is 4.79 Å². The molecule has 21 heavy (non-hydrogen) atoms. The van der Waals surface area contributed by atoms with Crippen molar-refractivity contribution >= 4 is 5.97 Å². The first kappa shape index (κ1) is 13.9. The van der Waals surface area contributed by atoms with Gasteiger partial charge in [0.05, 0.1) is 0 Å². The van der Waals surface area contributed by atoms with Crippen LogP contribution in [0.25, 0.3) is 0 Å². The van der Waals surface area contributed by atoms with Gasteiger partial charge in [-0.05, 0) is 18.1 Å². The van der Waals surface area contributed by atoms with Crippen LogP contribution in [0.1, 0.15) is 31.9 Å². The zero-order valence-corrected chi connectivity index (χ0v) is 12.7. The lowest BCUT2D eigenvalue weighted by molar-refractivity contribution is -0.144. The zero-order chi connectivity index (χ0) is 15.1. The summed E-state index contributed by atoms with van der Waals surface area (Å²) in [4.78, 5) is 12.9. The number of carbonyl (C=O) groups is 1. The number of rotatable bonds is 2. The van der Waals surface area contributed by atoms with Gasteiger partial charge in [0.2, 0.25) is 0 Å². The van der Waals surface area contributed by atoms with E-state index in [9.17, 15) is 4.79 Å². The van der Waals surface area contributed by atoms with Crippen molar-refractivity contribution in [3.63, 3.8) is 0 Å². The van der Waals surface area contributed by atoms with E-state index in [4.69, 9.17) is 4.74 Å². The Labute approximate surface area is 125 Å². The first-order chi connectivity index (χ1) is 10.0. The van der Waals surface area contributed by atoms with Crippen molar-refractivity contribution in [2.75, 3.05) is 0 Å². The molecule has 2 aromatic carbocycles. The van der Waals surface area contributed by atoms with Gasteiger partial charge < -0.3 is 4.74 Å². The largest absolute Gasteiger partial charge is 0.461 e. The van der Waals surface area contributed by atoms with Crippen LogP contribution in [0.3, 0.4) is 0 Å². The van der Waals surface area contributed by atoms with Gasteiger partial charge in [0.15, 0.2) is 0 Å². The molecule has 0 bridgehead atoms. The molecule has 3 rings (SSSR count). The number of hydrogen-bond donors (Lipinski definition) is 0. The Morgan fingerprint density at radius 3 is 1.62 bits per heavy atom. The first-order valence-corrected chi connectivity index (χ1v) is 7.33. The normalized spacial score (nSPS) is 22.8. The molecule has 0 N–H and O–H groups in total. The maximum absolute atomic E-state index is 12.9. The minimum atomic E-state index is -0.755. The predicted molar refractivity (Wildman–Crippen MR) is 83.0 cm³/mol. The highest BCUT2D eigenvalue weighted by molar-refractivity contribution is 5.91. The van der Waals surface area contributed by atoms with E-state index in [0.29, 0.717) is 0 Å². The van der Waals surface area contributed by atoms with Gasteiger partial charge in [-0.1, -0.05) is 74.5 Å². The molecule has 1 fully saturated rings. The Morgan fingerprint density at radius 1 is 0.857 bits per heavy atom. The number of benzene rings is 2. The summed E-state index contributed by atoms with van der Waals surface area (Å²) in [7, 11) is 0. The quantitative estimate of drug-likeness (QED) is 0.779. The van der Waals surface area contributed by atoms with Crippen LogP contribution in [0, 0.1) is 5.41 Å². The average Bonchev–Trinajstić information content (AvgIpc) is 2.67. The van der Waals surface area contributed by atoms with Crippen LogP contribution in [0.5, 0.6) is 0 Å². The summed E-state index contributed by atoms with van der Waals surface area (Å²) < 4.78 is 5.66. The molecule has 108 valence electrons. The van der Waals surface area contributed by atoms with E-state index in [1.54, 1.807) is 0 Å². The van der Waals surface area contributed by atoms with Gasteiger partial charge in [-0.2, -0.15) is 0 Å². The van der Waals surface area contributed by atoms with E-state index in [-0.39, 0.29) is 17.5 Å². The Hall–Kier alpha value is -2.09. The van der Waals surface area contributed by atoms with Crippen LogP contribution in [-0.2, 0) is 14.9 Å². The second-order valence-corrected chi connectivity index (χ2v) is 6.25. The number of esters is 1. The van der Waals surface area contributed by atoms with E-state index >= 15 is 0 Å². The Kier molecular flexibility index (Phi) is 3.12. The molecule has 1 saturated heterocycles. The first-order valence-electron chi connectivity index (χ1n) is 7.33. The van der Waals surface area contributed by atoms with Gasteiger partial charge in [-0.15, -0.1) is 0 Å². The minimum Gasteiger partial charge on any atom is -0.461 e. The summed E-state index contributed by atoms with van der Waals surface area (Å²) in [6, 6.07) is 19.9. The third-order valence-electron chi connectivity index (χ3n) is 4.99. The molecule has 2 nitrogen and oxygen atoms in total. The summed E-state index contributed by atoms with van der Waals surface area (Å²) in [5.74, 6) is -0.155. The summed E-state index contributed by atoms with van der Waals surface area (Å²) in [5.41, 5.74) is 0.910. The molecule has 1 heterocycles. The van der Waals surface area contributed by atoms with E-state index in [1.807, 2.05) is 67.6 Å². The van der Waals surface area contributed by atoms with Crippen LogP contribution >= 0.6 is 0 Å². The molecular formula is C19H20O2. The summed E-state index contributed by atoms with van der Waals surface area (Å²) in [6.45, 7) is 6.21. The lowest BCUT2D eigenvalue weighted by Crippen LogP contribution is -2.46. The van der Waals surface area contributed by atoms with E-state index in [0.717, 1.165) is 11.1 Å². The van der Waals surface area contributed by atoms with Gasteiger partial charge >= 0.3 is 5.97 Å². The predicted octanol–water partition coefficient (Wildman–Crippen LogP) is 3.94. The second-order valence-electron chi connectivity index (χ2n) is 6.25. The van der Waals surface area contributed by atoms with Crippen LogP contribution < -0.4 is 0 Å². The van der Waals surface area contributed by atoms with Crippen molar-refractivity contribution in [3.8, 4) is 0 Å². The van der Waals surface area contributed by atoms with Gasteiger partial charge in [0.25, 0.3) is 0 Å². The number of hydrogen-bond acceptors (Lipinski definition) is 2. The fraction of sp³-hybridized carbons (Fsp3) is 0.316. The number of cyclic esters (lactones) is 1. The SMILES string of the molecule is CC1OC(=O)C(c2ccccc2)(c2ccccc2)C1(C)C. The molecule has 0 saturated carbocycles. The summed E-state index contributed by atoms with van der Waals surface area (Å²) in [6.07, 6.45) is -0.134. The molecule has 0 aromatic heterocycles. The second kappa shape index (κ2) is 4.73. The topological polar surface area (TPSA) is 26.3 Å². The third kappa shape index (κ3) is 1.75. The standard InChI is InChI=1S/C19H20O2/c1-14-18(2,3)19(17(20)21-14,15-10-6-4-7-11-15)16-12-8-5-9-13-16/h4-14H,1-3H3. The Morgan fingerprint density at radius 2 is 1.29 bits per heavy atom. The lowest BCUT2D eigenvalue weighted by atomic mass is 9.58. The maximum atomic E-state index is 12.9. The van der Waals surface area contributed by atoms with Crippen molar-refractivity contribution in [1.82, 2.24) is 0 Å². The summed E-state index contributed by atoms with van der Waals surface area (Å²) in [5, 5.41) is 0. The minimum absolute atomic E-state index is 0.134. The van der Waals surface area contributed by atoms with Gasteiger partial charge in [0.1, 0.15) is 11.5 Å². The van der Waals surface area contributed by atoms with Crippen LogP contribution in [0.2, 0.25) is 0 Å². The molecule has 2 aromatic rings. The summed E-state index contributed by atoms with van der Waals surface area (Å²) >= 11 is 0. The fourth-order valence-electron chi connectivity index (χ4n) is 3.49. The fourth-order valence-corrected chi connectivity index (χ4v) is 3.49. The lowest BCUT2D eigenvalue weighted by Gasteiger charge is -2.39. The Bertz CT molecular complexity index is 604. The van der Waals surface area contributed by atoms with Crippen LogP contribution in [0.15, 0.2) is 60.7 Å². The molecule has 1 atom stereocenters. The molecule has 1 unspecified atom stereocenters. The van der Waals surface area contributed by atoms with Crippen molar-refractivity contribution in [2.45, 2.75) is 32.3 Å². The molecular weight excluding hydrogens is 260 g/mol. The van der Waals surface area contributed by atoms with Crippen molar-refractivity contribution < 1.29 is 9.53 Å². The molecule has 2 heteroatoms. The molecule has 1 aliphatic rings. The molecule has 0 amide bonds. The van der Waals surface area contributed by atoms with Crippen LogP contribution in [-0.4, -0.2) is 12.1 Å². The smallest absolute Gasteiger partial charge is 0.322 e. The Balaban J connectivity index is 2.34. The van der Waals surface area contributed by atoms with E-state index in [1.165, 1.54) is 0 Å². The highest BCUT2D eigenvalue weighted by Gasteiger charge is 2.63. The highest BCUT2D eigenvalue weighted by atomic mass is 16.6. The van der Waals surface area contributed by atoms with Gasteiger partial charge in [-0.25, -0.2) is 0 Å². The molecule has 0 radical (unpaired) electrons. The van der Waals surface area contributed by atoms with Gasteiger partial charge in [0, 0.05) is 5.41 Å². The molecule has 0 spiro atoms. The van der Waals surface area contributed by atoms with Crippen LogP contribution in [0.4, 0.5) is 0 Å². The monoisotopic (exact) mass is 280 g/mol. The highest BCUT2D eigenvalue weighted by Crippen LogP contribution is 2.55. The van der Waals surface area contributed by atoms with Crippen molar-refractivity contribution in [2.24, 2.45) is 5.41 Å². The van der Waals surface area contributed by atoms with Crippen molar-refractivity contribution in [1.29, 1.82) is 0 Å². The maximum Gasteiger partial charge on any atom is 0.322 e. The van der Waals surface area contributed by atoms with Crippen molar-refractivity contribution in [3.05, 3.63) is 71.8 Å². The third-order valence-corrected chi connectivity index (χ3v) is 4.99. The molecule has 1 aliphatic heterocycles. The number of ether oxygens (including phenoxy) is 1.